The normalized spacial score (nSPS) is 17.1. The molecule has 1 fully saturated rings. The van der Waals surface area contributed by atoms with Gasteiger partial charge in [-0.1, -0.05) is 6.92 Å². The Kier molecular flexibility index (Phi) is 5.06. The van der Waals surface area contributed by atoms with E-state index in [9.17, 15) is 13.6 Å². The van der Waals surface area contributed by atoms with Crippen molar-refractivity contribution in [1.29, 1.82) is 0 Å². The minimum Gasteiger partial charge on any atom is -0.349 e. The fourth-order valence-electron chi connectivity index (χ4n) is 2.55. The number of likely N-dealkylation sites (tertiary alicyclic amines) is 1. The second-order valence-corrected chi connectivity index (χ2v) is 5.21. The Hall–Kier alpha value is -1.49. The molecule has 0 aromatic heterocycles. The first kappa shape index (κ1) is 14.9. The lowest BCUT2D eigenvalue weighted by Gasteiger charge is -2.32. The average molecular weight is 282 g/mol. The summed E-state index contributed by atoms with van der Waals surface area (Å²) in [5.74, 6) is -1.95. The van der Waals surface area contributed by atoms with Crippen molar-refractivity contribution in [2.45, 2.75) is 32.2 Å². The molecule has 1 saturated heterocycles. The molecule has 2 rings (SSSR count). The quantitative estimate of drug-likeness (QED) is 0.920. The van der Waals surface area contributed by atoms with Gasteiger partial charge in [0.1, 0.15) is 11.6 Å². The molecule has 0 bridgehead atoms. The lowest BCUT2D eigenvalue weighted by atomic mass is 10.0. The number of benzene rings is 1. The molecule has 1 aromatic rings. The third-order valence-electron chi connectivity index (χ3n) is 3.64. The topological polar surface area (TPSA) is 32.3 Å². The van der Waals surface area contributed by atoms with Gasteiger partial charge in [0.2, 0.25) is 0 Å². The summed E-state index contributed by atoms with van der Waals surface area (Å²) in [6.07, 6.45) is 2.86. The molecule has 1 aliphatic rings. The van der Waals surface area contributed by atoms with E-state index in [0.717, 1.165) is 51.0 Å². The first-order valence-electron chi connectivity index (χ1n) is 7.08. The van der Waals surface area contributed by atoms with Gasteiger partial charge in [-0.3, -0.25) is 4.79 Å². The van der Waals surface area contributed by atoms with Crippen LogP contribution in [0.4, 0.5) is 8.78 Å². The Morgan fingerprint density at radius 3 is 2.65 bits per heavy atom. The van der Waals surface area contributed by atoms with Crippen LogP contribution in [0.25, 0.3) is 0 Å². The van der Waals surface area contributed by atoms with Gasteiger partial charge in [-0.2, -0.15) is 0 Å². The van der Waals surface area contributed by atoms with Crippen molar-refractivity contribution >= 4 is 5.91 Å². The summed E-state index contributed by atoms with van der Waals surface area (Å²) in [5.41, 5.74) is -0.0950. The molecule has 0 unspecified atom stereocenters. The zero-order chi connectivity index (χ0) is 14.5. The molecule has 1 aliphatic heterocycles. The molecule has 1 aromatic carbocycles. The van der Waals surface area contributed by atoms with Crippen LogP contribution in [0, 0.1) is 11.6 Å². The molecular formula is C15H20F2N2O. The van der Waals surface area contributed by atoms with E-state index in [-0.39, 0.29) is 11.6 Å². The predicted octanol–water partition coefficient (Wildman–Crippen LogP) is 2.57. The monoisotopic (exact) mass is 282 g/mol. The number of carbonyl (C=O) groups excluding carboxylic acids is 1. The number of nitrogens with zero attached hydrogens (tertiary/aromatic N) is 1. The Morgan fingerprint density at radius 1 is 1.35 bits per heavy atom. The van der Waals surface area contributed by atoms with Gasteiger partial charge in [-0.05, 0) is 37.9 Å². The van der Waals surface area contributed by atoms with E-state index < -0.39 is 17.5 Å². The Balaban J connectivity index is 1.89. The van der Waals surface area contributed by atoms with Crippen LogP contribution in [0.5, 0.6) is 0 Å². The molecule has 0 atom stereocenters. The van der Waals surface area contributed by atoms with Crippen LogP contribution >= 0.6 is 0 Å². The van der Waals surface area contributed by atoms with Crippen molar-refractivity contribution in [3.8, 4) is 0 Å². The van der Waals surface area contributed by atoms with E-state index in [4.69, 9.17) is 0 Å². The maximum atomic E-state index is 13.5. The fraction of sp³-hybridized carbons (Fsp3) is 0.533. The number of rotatable bonds is 4. The van der Waals surface area contributed by atoms with Crippen LogP contribution in [0.1, 0.15) is 36.5 Å². The van der Waals surface area contributed by atoms with Crippen LogP contribution in [0.3, 0.4) is 0 Å². The summed E-state index contributed by atoms with van der Waals surface area (Å²) in [6, 6.07) is 3.09. The van der Waals surface area contributed by atoms with Gasteiger partial charge in [0, 0.05) is 25.2 Å². The molecule has 1 N–H and O–H groups in total. The minimum absolute atomic E-state index is 0.0695. The summed E-state index contributed by atoms with van der Waals surface area (Å²) in [6.45, 7) is 5.12. The van der Waals surface area contributed by atoms with Gasteiger partial charge < -0.3 is 10.2 Å². The lowest BCUT2D eigenvalue weighted by molar-refractivity contribution is 0.0907. The summed E-state index contributed by atoms with van der Waals surface area (Å²) < 4.78 is 26.3. The first-order chi connectivity index (χ1) is 9.60. The second kappa shape index (κ2) is 6.79. The molecule has 0 aliphatic carbocycles. The van der Waals surface area contributed by atoms with Gasteiger partial charge in [-0.15, -0.1) is 0 Å². The molecule has 0 saturated carbocycles. The number of amides is 1. The molecule has 1 heterocycles. The van der Waals surface area contributed by atoms with Crippen molar-refractivity contribution in [1.82, 2.24) is 10.2 Å². The van der Waals surface area contributed by atoms with Crippen LogP contribution < -0.4 is 5.32 Å². The zero-order valence-electron chi connectivity index (χ0n) is 11.7. The van der Waals surface area contributed by atoms with E-state index in [1.165, 1.54) is 6.07 Å². The number of hydrogen-bond donors (Lipinski definition) is 1. The average Bonchev–Trinajstić information content (AvgIpc) is 2.41. The van der Waals surface area contributed by atoms with Crippen molar-refractivity contribution in [3.05, 3.63) is 35.4 Å². The molecule has 20 heavy (non-hydrogen) atoms. The molecule has 110 valence electrons. The van der Waals surface area contributed by atoms with Crippen molar-refractivity contribution < 1.29 is 13.6 Å². The van der Waals surface area contributed by atoms with Gasteiger partial charge >= 0.3 is 0 Å². The van der Waals surface area contributed by atoms with Gasteiger partial charge in [0.05, 0.1) is 5.56 Å². The Morgan fingerprint density at radius 2 is 2.05 bits per heavy atom. The third-order valence-corrected chi connectivity index (χ3v) is 3.64. The summed E-state index contributed by atoms with van der Waals surface area (Å²) in [7, 11) is 0. The zero-order valence-corrected chi connectivity index (χ0v) is 11.7. The maximum Gasteiger partial charge on any atom is 0.254 e. The van der Waals surface area contributed by atoms with Crippen LogP contribution in [0.2, 0.25) is 0 Å². The standard InChI is InChI=1S/C15H20F2N2O/c1-2-7-19-8-5-12(6-9-19)18-15(20)13-4-3-11(16)10-14(13)17/h3-4,10,12H,2,5-9H2,1H3,(H,18,20). The SMILES string of the molecule is CCCN1CCC(NC(=O)c2ccc(F)cc2F)CC1. The molecule has 5 heteroatoms. The lowest BCUT2D eigenvalue weighted by Crippen LogP contribution is -2.44. The minimum atomic E-state index is -0.814. The molecule has 3 nitrogen and oxygen atoms in total. The number of carbonyl (C=O) groups is 1. The van der Waals surface area contributed by atoms with E-state index in [0.29, 0.717) is 0 Å². The first-order valence-corrected chi connectivity index (χ1v) is 7.08. The Bertz CT molecular complexity index is 471. The highest BCUT2D eigenvalue weighted by Crippen LogP contribution is 2.13. The molecule has 0 spiro atoms. The number of nitrogens with one attached hydrogen (secondary N) is 1. The Labute approximate surface area is 118 Å². The summed E-state index contributed by atoms with van der Waals surface area (Å²) >= 11 is 0. The summed E-state index contributed by atoms with van der Waals surface area (Å²) in [5, 5.41) is 2.83. The third kappa shape index (κ3) is 3.76. The molecule has 0 radical (unpaired) electrons. The number of piperidine rings is 1. The van der Waals surface area contributed by atoms with Crippen LogP contribution in [0.15, 0.2) is 18.2 Å². The predicted molar refractivity (Wildman–Crippen MR) is 73.6 cm³/mol. The summed E-state index contributed by atoms with van der Waals surface area (Å²) in [4.78, 5) is 14.3. The molecule has 1 amide bonds. The van der Waals surface area contributed by atoms with Crippen molar-refractivity contribution in [2.24, 2.45) is 0 Å². The maximum absolute atomic E-state index is 13.5. The van der Waals surface area contributed by atoms with Gasteiger partial charge in [0.15, 0.2) is 0 Å². The van der Waals surface area contributed by atoms with E-state index in [1.807, 2.05) is 0 Å². The fourth-order valence-corrected chi connectivity index (χ4v) is 2.55. The number of halogens is 2. The van der Waals surface area contributed by atoms with Gasteiger partial charge in [0.25, 0.3) is 5.91 Å². The van der Waals surface area contributed by atoms with Crippen LogP contribution in [-0.2, 0) is 0 Å². The van der Waals surface area contributed by atoms with Crippen molar-refractivity contribution in [3.63, 3.8) is 0 Å². The highest BCUT2D eigenvalue weighted by atomic mass is 19.1. The second-order valence-electron chi connectivity index (χ2n) is 5.21. The largest absolute Gasteiger partial charge is 0.349 e. The van der Waals surface area contributed by atoms with E-state index in [2.05, 4.69) is 17.1 Å². The van der Waals surface area contributed by atoms with E-state index in [1.54, 1.807) is 0 Å². The number of hydrogen-bond acceptors (Lipinski definition) is 2. The van der Waals surface area contributed by atoms with E-state index >= 15 is 0 Å². The van der Waals surface area contributed by atoms with Gasteiger partial charge in [-0.25, -0.2) is 8.78 Å². The van der Waals surface area contributed by atoms with Crippen molar-refractivity contribution in [2.75, 3.05) is 19.6 Å². The highest BCUT2D eigenvalue weighted by molar-refractivity contribution is 5.94. The highest BCUT2D eigenvalue weighted by Gasteiger charge is 2.21. The molecular weight excluding hydrogens is 262 g/mol. The smallest absolute Gasteiger partial charge is 0.254 e. The van der Waals surface area contributed by atoms with Crippen LogP contribution in [-0.4, -0.2) is 36.5 Å².